The number of carbonyl (C=O) groups excluding carboxylic acids is 1. The number of likely N-dealkylation sites (tertiary alicyclic amines) is 1. The van der Waals surface area contributed by atoms with Gasteiger partial charge in [-0.25, -0.2) is 4.98 Å². The number of para-hydroxylation sites is 2. The van der Waals surface area contributed by atoms with Gasteiger partial charge in [0.05, 0.1) is 11.0 Å². The molecule has 0 aliphatic carbocycles. The van der Waals surface area contributed by atoms with Gasteiger partial charge in [-0.05, 0) is 88.4 Å². The molecule has 3 aliphatic rings. The lowest BCUT2D eigenvalue weighted by molar-refractivity contribution is -0.141. The molecule has 0 radical (unpaired) electrons. The average Bonchev–Trinajstić information content (AvgIpc) is 3.42. The Bertz CT molecular complexity index is 1370. The monoisotopic (exact) mass is 572 g/mol. The van der Waals surface area contributed by atoms with Gasteiger partial charge in [-0.15, -0.1) is 0 Å². The van der Waals surface area contributed by atoms with Crippen molar-refractivity contribution in [2.45, 2.75) is 103 Å². The van der Waals surface area contributed by atoms with Gasteiger partial charge in [0.1, 0.15) is 5.82 Å². The predicted molar refractivity (Wildman–Crippen MR) is 168 cm³/mol. The normalized spacial score (nSPS) is 23.8. The van der Waals surface area contributed by atoms with E-state index in [1.807, 2.05) is 20.8 Å². The fourth-order valence-electron chi connectivity index (χ4n) is 7.99. The number of nitrogens with zero attached hydrogens (tertiary/aromatic N) is 4. The fourth-order valence-corrected chi connectivity index (χ4v) is 7.99. The van der Waals surface area contributed by atoms with E-state index in [9.17, 15) is 4.79 Å². The van der Waals surface area contributed by atoms with E-state index in [0.717, 1.165) is 43.8 Å². The first-order valence-corrected chi connectivity index (χ1v) is 15.7. The molecule has 2 aromatic carbocycles. The molecule has 0 saturated carbocycles. The zero-order valence-electron chi connectivity index (χ0n) is 26.1. The SMILES string of the molecule is Cc1ccc(C2(CCN3[C@@H]4CC[C@H]3CC(n3c(C)nc5ccccc53)C4)CCN(C(=O)C(C)(C)C)CC2)cc1.O=CO. The van der Waals surface area contributed by atoms with Crippen LogP contribution in [0, 0.1) is 19.3 Å². The first kappa shape index (κ1) is 30.3. The molecular formula is C35H48N4O3. The molecule has 3 aliphatic heterocycles. The molecule has 42 heavy (non-hydrogen) atoms. The summed E-state index contributed by atoms with van der Waals surface area (Å²) in [5.41, 5.74) is 5.04. The molecule has 1 aromatic heterocycles. The number of hydrogen-bond acceptors (Lipinski definition) is 4. The summed E-state index contributed by atoms with van der Waals surface area (Å²) in [4.78, 5) is 31.3. The van der Waals surface area contributed by atoms with Gasteiger partial charge in [0.25, 0.3) is 6.47 Å². The van der Waals surface area contributed by atoms with E-state index < -0.39 is 0 Å². The number of carbonyl (C=O) groups is 2. The lowest BCUT2D eigenvalue weighted by atomic mass is 9.69. The van der Waals surface area contributed by atoms with Gasteiger partial charge >= 0.3 is 0 Å². The largest absolute Gasteiger partial charge is 0.483 e. The third-order valence-corrected chi connectivity index (χ3v) is 10.2. The summed E-state index contributed by atoms with van der Waals surface area (Å²) in [6.45, 7) is 13.1. The van der Waals surface area contributed by atoms with Gasteiger partial charge in [-0.1, -0.05) is 62.7 Å². The maximum atomic E-state index is 13.1. The van der Waals surface area contributed by atoms with Crippen LogP contribution >= 0.6 is 0 Å². The zero-order valence-corrected chi connectivity index (χ0v) is 26.1. The van der Waals surface area contributed by atoms with Crippen LogP contribution in [0.25, 0.3) is 11.0 Å². The number of imidazole rings is 1. The molecule has 0 spiro atoms. The van der Waals surface area contributed by atoms with Gasteiger partial charge in [0.2, 0.25) is 5.91 Å². The van der Waals surface area contributed by atoms with Gasteiger partial charge in [-0.2, -0.15) is 0 Å². The highest BCUT2D eigenvalue weighted by molar-refractivity contribution is 5.81. The van der Waals surface area contributed by atoms with E-state index in [4.69, 9.17) is 14.9 Å². The van der Waals surface area contributed by atoms with Gasteiger partial charge in [-0.3, -0.25) is 14.5 Å². The number of piperidine rings is 2. The number of aryl methyl sites for hydroxylation is 2. The fraction of sp³-hybridized carbons (Fsp3) is 0.571. The second-order valence-electron chi connectivity index (χ2n) is 13.8. The number of aromatic nitrogens is 2. The summed E-state index contributed by atoms with van der Waals surface area (Å²) in [5, 5.41) is 6.89. The molecule has 3 aromatic rings. The standard InChI is InChI=1S/C34H46N4O.CH2O2/c1-24-10-12-26(13-11-24)34(16-19-36(20-17-34)32(39)33(3,4)5)18-21-37-27-14-15-28(37)23-29(22-27)38-25(2)35-30-8-6-7-9-31(30)38;2-1-3/h6-13,27-29H,14-23H2,1-5H3;1H,(H,2,3)/t27-,28+,29?;. The minimum atomic E-state index is -0.313. The molecule has 7 heteroatoms. The van der Waals surface area contributed by atoms with E-state index in [2.05, 4.69) is 76.7 Å². The van der Waals surface area contributed by atoms with Gasteiger partial charge in [0.15, 0.2) is 0 Å². The Morgan fingerprint density at radius 1 is 0.976 bits per heavy atom. The van der Waals surface area contributed by atoms with Crippen molar-refractivity contribution in [1.82, 2.24) is 19.4 Å². The molecule has 3 fully saturated rings. The molecule has 3 saturated heterocycles. The van der Waals surface area contributed by atoms with E-state index in [-0.39, 0.29) is 17.3 Å². The van der Waals surface area contributed by atoms with E-state index in [1.54, 1.807) is 0 Å². The van der Waals surface area contributed by atoms with E-state index in [1.165, 1.54) is 48.7 Å². The van der Waals surface area contributed by atoms with Crippen LogP contribution in [0.2, 0.25) is 0 Å². The highest BCUT2D eigenvalue weighted by Gasteiger charge is 2.44. The molecule has 1 N–H and O–H groups in total. The second kappa shape index (κ2) is 12.2. The zero-order chi connectivity index (χ0) is 30.1. The van der Waals surface area contributed by atoms with Crippen LogP contribution in [0.15, 0.2) is 48.5 Å². The molecule has 1 unspecified atom stereocenters. The highest BCUT2D eigenvalue weighted by atomic mass is 16.3. The second-order valence-corrected chi connectivity index (χ2v) is 13.8. The van der Waals surface area contributed by atoms with Crippen molar-refractivity contribution < 1.29 is 14.7 Å². The van der Waals surface area contributed by atoms with Crippen LogP contribution in [0.4, 0.5) is 0 Å². The molecule has 4 heterocycles. The van der Waals surface area contributed by atoms with Gasteiger partial charge < -0.3 is 14.6 Å². The Labute approximate surface area is 250 Å². The maximum Gasteiger partial charge on any atom is 0.290 e. The van der Waals surface area contributed by atoms with Crippen molar-refractivity contribution in [2.75, 3.05) is 19.6 Å². The average molecular weight is 573 g/mol. The van der Waals surface area contributed by atoms with Crippen molar-refractivity contribution in [3.8, 4) is 0 Å². The van der Waals surface area contributed by atoms with Crippen LogP contribution in [-0.2, 0) is 15.0 Å². The summed E-state index contributed by atoms with van der Waals surface area (Å²) in [5.74, 6) is 1.45. The first-order valence-electron chi connectivity index (χ1n) is 15.7. The van der Waals surface area contributed by atoms with Crippen molar-refractivity contribution in [1.29, 1.82) is 0 Å². The van der Waals surface area contributed by atoms with Crippen LogP contribution in [0.3, 0.4) is 0 Å². The van der Waals surface area contributed by atoms with Crippen molar-refractivity contribution in [3.63, 3.8) is 0 Å². The van der Waals surface area contributed by atoms with Crippen LogP contribution in [0.1, 0.15) is 88.7 Å². The molecular weight excluding hydrogens is 524 g/mol. The van der Waals surface area contributed by atoms with Crippen LogP contribution in [0.5, 0.6) is 0 Å². The lowest BCUT2D eigenvalue weighted by Gasteiger charge is -2.46. The number of fused-ring (bicyclic) bond motifs is 3. The molecule has 226 valence electrons. The number of benzene rings is 2. The number of carboxylic acid groups (broad SMARTS) is 1. The Balaban J connectivity index is 0.00000113. The summed E-state index contributed by atoms with van der Waals surface area (Å²) < 4.78 is 2.54. The van der Waals surface area contributed by atoms with Crippen molar-refractivity contribution in [3.05, 3.63) is 65.5 Å². The molecule has 7 nitrogen and oxygen atoms in total. The number of rotatable bonds is 5. The minimum absolute atomic E-state index is 0.149. The third-order valence-electron chi connectivity index (χ3n) is 10.2. The summed E-state index contributed by atoms with van der Waals surface area (Å²) >= 11 is 0. The van der Waals surface area contributed by atoms with Crippen molar-refractivity contribution in [2.24, 2.45) is 5.41 Å². The maximum absolute atomic E-state index is 13.1. The molecule has 6 rings (SSSR count). The Morgan fingerprint density at radius 3 is 2.17 bits per heavy atom. The molecule has 2 bridgehead atoms. The van der Waals surface area contributed by atoms with Crippen LogP contribution in [-0.4, -0.2) is 68.6 Å². The Hall–Kier alpha value is -3.19. The van der Waals surface area contributed by atoms with E-state index in [0.29, 0.717) is 24.0 Å². The Kier molecular flexibility index (Phi) is 8.79. The summed E-state index contributed by atoms with van der Waals surface area (Å²) in [7, 11) is 0. The first-order chi connectivity index (χ1) is 20.1. The smallest absolute Gasteiger partial charge is 0.290 e. The topological polar surface area (TPSA) is 78.7 Å². The highest BCUT2D eigenvalue weighted by Crippen LogP contribution is 2.45. The van der Waals surface area contributed by atoms with E-state index >= 15 is 0 Å². The quantitative estimate of drug-likeness (QED) is 0.352. The van der Waals surface area contributed by atoms with Gasteiger partial charge in [0, 0.05) is 36.6 Å². The predicted octanol–water partition coefficient (Wildman–Crippen LogP) is 6.52. The number of amides is 1. The van der Waals surface area contributed by atoms with Crippen molar-refractivity contribution >= 4 is 23.4 Å². The Morgan fingerprint density at radius 2 is 1.57 bits per heavy atom. The minimum Gasteiger partial charge on any atom is -0.483 e. The number of hydrogen-bond donors (Lipinski definition) is 1. The summed E-state index contributed by atoms with van der Waals surface area (Å²) in [6, 6.07) is 19.8. The summed E-state index contributed by atoms with van der Waals surface area (Å²) in [6.07, 6.45) is 8.38. The molecule has 3 atom stereocenters. The molecule has 1 amide bonds. The third kappa shape index (κ3) is 5.98. The lowest BCUT2D eigenvalue weighted by Crippen LogP contribution is -2.50. The van der Waals surface area contributed by atoms with Crippen LogP contribution < -0.4 is 0 Å².